The standard InChI is InChI=1S/C16H32N2/c1-2-3-13-18(16-10-11-16)14-7-5-4-6-12-17-15-8-9-15/h15-17H,2-14H2,1H3. The molecular formula is C16H32N2. The average Bonchev–Trinajstić information content (AvgIpc) is 3.25. The smallest absolute Gasteiger partial charge is 0.00964 e. The third-order valence-corrected chi connectivity index (χ3v) is 4.24. The zero-order valence-corrected chi connectivity index (χ0v) is 12.3. The maximum Gasteiger partial charge on any atom is 0.00964 e. The van der Waals surface area contributed by atoms with Crippen LogP contribution in [0.25, 0.3) is 0 Å². The molecule has 0 unspecified atom stereocenters. The molecule has 0 saturated heterocycles. The number of hydrogen-bond donors (Lipinski definition) is 1. The van der Waals surface area contributed by atoms with Crippen molar-refractivity contribution in [2.24, 2.45) is 0 Å². The molecule has 0 aromatic rings. The molecule has 0 aliphatic heterocycles. The first-order valence-corrected chi connectivity index (χ1v) is 8.37. The van der Waals surface area contributed by atoms with Gasteiger partial charge in [0.25, 0.3) is 0 Å². The minimum absolute atomic E-state index is 0.893. The lowest BCUT2D eigenvalue weighted by Crippen LogP contribution is -2.28. The molecule has 2 aliphatic rings. The van der Waals surface area contributed by atoms with Gasteiger partial charge in [-0.25, -0.2) is 0 Å². The Labute approximate surface area is 114 Å². The van der Waals surface area contributed by atoms with Crippen molar-refractivity contribution in [3.05, 3.63) is 0 Å². The Balaban J connectivity index is 1.40. The molecule has 0 aromatic carbocycles. The van der Waals surface area contributed by atoms with Crippen LogP contribution in [0, 0.1) is 0 Å². The molecule has 0 heterocycles. The van der Waals surface area contributed by atoms with Gasteiger partial charge in [-0.3, -0.25) is 0 Å². The van der Waals surface area contributed by atoms with Crippen molar-refractivity contribution in [1.29, 1.82) is 0 Å². The van der Waals surface area contributed by atoms with E-state index < -0.39 is 0 Å². The maximum atomic E-state index is 3.60. The Kier molecular flexibility index (Phi) is 6.50. The second-order valence-electron chi connectivity index (χ2n) is 6.26. The van der Waals surface area contributed by atoms with E-state index in [4.69, 9.17) is 0 Å². The van der Waals surface area contributed by atoms with E-state index in [2.05, 4.69) is 17.1 Å². The van der Waals surface area contributed by atoms with Crippen LogP contribution in [0.3, 0.4) is 0 Å². The van der Waals surface area contributed by atoms with Gasteiger partial charge in [-0.1, -0.05) is 26.2 Å². The molecule has 2 saturated carbocycles. The summed E-state index contributed by atoms with van der Waals surface area (Å²) in [5, 5.41) is 3.60. The van der Waals surface area contributed by atoms with Gasteiger partial charge in [-0.2, -0.15) is 0 Å². The summed E-state index contributed by atoms with van der Waals surface area (Å²) in [6, 6.07) is 1.86. The van der Waals surface area contributed by atoms with Gasteiger partial charge in [0.05, 0.1) is 0 Å². The van der Waals surface area contributed by atoms with E-state index in [0.717, 1.165) is 12.1 Å². The van der Waals surface area contributed by atoms with E-state index in [1.54, 1.807) is 0 Å². The van der Waals surface area contributed by atoms with Crippen LogP contribution in [0.1, 0.15) is 71.1 Å². The van der Waals surface area contributed by atoms with Gasteiger partial charge in [0.15, 0.2) is 0 Å². The lowest BCUT2D eigenvalue weighted by molar-refractivity contribution is 0.253. The van der Waals surface area contributed by atoms with E-state index in [-0.39, 0.29) is 0 Å². The topological polar surface area (TPSA) is 15.3 Å². The first kappa shape index (κ1) is 14.3. The van der Waals surface area contributed by atoms with Crippen LogP contribution < -0.4 is 5.32 Å². The van der Waals surface area contributed by atoms with Crippen LogP contribution >= 0.6 is 0 Å². The lowest BCUT2D eigenvalue weighted by Gasteiger charge is -2.21. The van der Waals surface area contributed by atoms with Crippen LogP contribution in [0.2, 0.25) is 0 Å². The van der Waals surface area contributed by atoms with Crippen LogP contribution in [0.15, 0.2) is 0 Å². The number of nitrogens with zero attached hydrogens (tertiary/aromatic N) is 1. The first-order valence-electron chi connectivity index (χ1n) is 8.37. The van der Waals surface area contributed by atoms with Crippen molar-refractivity contribution >= 4 is 0 Å². The number of rotatable bonds is 12. The molecule has 2 nitrogen and oxygen atoms in total. The maximum absolute atomic E-state index is 3.60. The Morgan fingerprint density at radius 1 is 0.889 bits per heavy atom. The summed E-state index contributed by atoms with van der Waals surface area (Å²) in [5.74, 6) is 0. The largest absolute Gasteiger partial charge is 0.314 e. The highest BCUT2D eigenvalue weighted by Gasteiger charge is 2.27. The fourth-order valence-electron chi connectivity index (χ4n) is 2.66. The Bertz CT molecular complexity index is 209. The molecule has 2 rings (SSSR count). The summed E-state index contributed by atoms with van der Waals surface area (Å²) in [6.45, 7) is 6.27. The van der Waals surface area contributed by atoms with E-state index in [1.807, 2.05) is 0 Å². The summed E-state index contributed by atoms with van der Waals surface area (Å²) < 4.78 is 0. The van der Waals surface area contributed by atoms with E-state index in [0.29, 0.717) is 0 Å². The summed E-state index contributed by atoms with van der Waals surface area (Å²) in [6.07, 6.45) is 14.2. The molecule has 0 aromatic heterocycles. The quantitative estimate of drug-likeness (QED) is 0.534. The van der Waals surface area contributed by atoms with Gasteiger partial charge in [0.1, 0.15) is 0 Å². The molecule has 2 heteroatoms. The molecule has 0 bridgehead atoms. The molecule has 1 N–H and O–H groups in total. The predicted molar refractivity (Wildman–Crippen MR) is 79.0 cm³/mol. The van der Waals surface area contributed by atoms with Gasteiger partial charge in [0, 0.05) is 12.1 Å². The van der Waals surface area contributed by atoms with Crippen molar-refractivity contribution in [3.63, 3.8) is 0 Å². The summed E-state index contributed by atoms with van der Waals surface area (Å²) in [5.41, 5.74) is 0. The Morgan fingerprint density at radius 2 is 1.61 bits per heavy atom. The molecule has 18 heavy (non-hydrogen) atoms. The highest BCUT2D eigenvalue weighted by atomic mass is 15.2. The average molecular weight is 252 g/mol. The summed E-state index contributed by atoms with van der Waals surface area (Å²) in [4.78, 5) is 2.76. The number of hydrogen-bond acceptors (Lipinski definition) is 2. The second kappa shape index (κ2) is 8.16. The zero-order valence-electron chi connectivity index (χ0n) is 12.3. The number of nitrogens with one attached hydrogen (secondary N) is 1. The number of unbranched alkanes of at least 4 members (excludes halogenated alkanes) is 4. The van der Waals surface area contributed by atoms with Crippen molar-refractivity contribution < 1.29 is 0 Å². The molecular weight excluding hydrogens is 220 g/mol. The monoisotopic (exact) mass is 252 g/mol. The van der Waals surface area contributed by atoms with Crippen LogP contribution in [0.4, 0.5) is 0 Å². The van der Waals surface area contributed by atoms with Crippen molar-refractivity contribution in [3.8, 4) is 0 Å². The summed E-state index contributed by atoms with van der Waals surface area (Å²) >= 11 is 0. The van der Waals surface area contributed by atoms with Crippen molar-refractivity contribution in [2.45, 2.75) is 83.2 Å². The Morgan fingerprint density at radius 3 is 2.28 bits per heavy atom. The highest BCUT2D eigenvalue weighted by molar-refractivity contribution is 4.84. The van der Waals surface area contributed by atoms with Gasteiger partial charge >= 0.3 is 0 Å². The third kappa shape index (κ3) is 6.19. The second-order valence-corrected chi connectivity index (χ2v) is 6.26. The van der Waals surface area contributed by atoms with Crippen LogP contribution in [-0.2, 0) is 0 Å². The minimum atomic E-state index is 0.893. The van der Waals surface area contributed by atoms with Gasteiger partial charge in [-0.15, -0.1) is 0 Å². The van der Waals surface area contributed by atoms with E-state index in [1.165, 1.54) is 83.8 Å². The zero-order chi connectivity index (χ0) is 12.6. The van der Waals surface area contributed by atoms with Crippen LogP contribution in [-0.4, -0.2) is 36.6 Å². The lowest BCUT2D eigenvalue weighted by atomic mass is 10.2. The normalized spacial score (nSPS) is 19.7. The molecule has 2 fully saturated rings. The van der Waals surface area contributed by atoms with Gasteiger partial charge in [0.2, 0.25) is 0 Å². The van der Waals surface area contributed by atoms with Crippen LogP contribution in [0.5, 0.6) is 0 Å². The van der Waals surface area contributed by atoms with E-state index in [9.17, 15) is 0 Å². The van der Waals surface area contributed by atoms with Gasteiger partial charge < -0.3 is 10.2 Å². The highest BCUT2D eigenvalue weighted by Crippen LogP contribution is 2.27. The fraction of sp³-hybridized carbons (Fsp3) is 1.00. The fourth-order valence-corrected chi connectivity index (χ4v) is 2.66. The minimum Gasteiger partial charge on any atom is -0.314 e. The van der Waals surface area contributed by atoms with Gasteiger partial charge in [-0.05, 0) is 64.6 Å². The SMILES string of the molecule is CCCCN(CCCCCCNC1CC1)C1CC1. The molecule has 0 amide bonds. The van der Waals surface area contributed by atoms with Crippen molar-refractivity contribution in [1.82, 2.24) is 10.2 Å². The molecule has 0 radical (unpaired) electrons. The van der Waals surface area contributed by atoms with E-state index >= 15 is 0 Å². The predicted octanol–water partition coefficient (Wildman–Crippen LogP) is 3.56. The Hall–Kier alpha value is -0.0800. The first-order chi connectivity index (χ1) is 8.90. The van der Waals surface area contributed by atoms with Crippen molar-refractivity contribution in [2.75, 3.05) is 19.6 Å². The molecule has 0 atom stereocenters. The molecule has 106 valence electrons. The molecule has 2 aliphatic carbocycles. The summed E-state index contributed by atoms with van der Waals surface area (Å²) in [7, 11) is 0. The third-order valence-electron chi connectivity index (χ3n) is 4.24. The molecule has 0 spiro atoms.